The van der Waals surface area contributed by atoms with E-state index in [0.717, 1.165) is 35.6 Å². The Bertz CT molecular complexity index is 1010. The number of fused-ring (bicyclic) bond motifs is 1. The van der Waals surface area contributed by atoms with Crippen LogP contribution in [0.2, 0.25) is 0 Å². The van der Waals surface area contributed by atoms with E-state index in [9.17, 15) is 9.59 Å². The van der Waals surface area contributed by atoms with Crippen LogP contribution in [0.25, 0.3) is 11.4 Å². The van der Waals surface area contributed by atoms with E-state index in [0.29, 0.717) is 50.8 Å². The van der Waals surface area contributed by atoms with E-state index >= 15 is 0 Å². The normalized spacial score (nSPS) is 18.0. The van der Waals surface area contributed by atoms with Crippen molar-refractivity contribution in [2.45, 2.75) is 46.2 Å². The Kier molecular flexibility index (Phi) is 7.08. The van der Waals surface area contributed by atoms with Gasteiger partial charge in [-0.25, -0.2) is 14.8 Å². The molecule has 0 saturated carbocycles. The zero-order chi connectivity index (χ0) is 23.4. The van der Waals surface area contributed by atoms with Gasteiger partial charge < -0.3 is 25.2 Å². The molecule has 0 aliphatic carbocycles. The second kappa shape index (κ2) is 10.2. The molecule has 2 aromatic rings. The van der Waals surface area contributed by atoms with E-state index < -0.39 is 0 Å². The maximum Gasteiger partial charge on any atom is 0.319 e. The first-order valence-corrected chi connectivity index (χ1v) is 11.7. The van der Waals surface area contributed by atoms with Crippen LogP contribution in [-0.4, -0.2) is 65.7 Å². The Balaban J connectivity index is 1.69. The Morgan fingerprint density at radius 1 is 1.15 bits per heavy atom. The van der Waals surface area contributed by atoms with Gasteiger partial charge >= 0.3 is 6.03 Å². The highest BCUT2D eigenvalue weighted by Crippen LogP contribution is 2.31. The van der Waals surface area contributed by atoms with Crippen LogP contribution in [-0.2, 0) is 22.5 Å². The number of carbonyl (C=O) groups excluding carboxylic acids is 2. The first-order chi connectivity index (χ1) is 16.0. The molecule has 1 saturated heterocycles. The van der Waals surface area contributed by atoms with Gasteiger partial charge in [-0.1, -0.05) is 6.92 Å². The van der Waals surface area contributed by atoms with Crippen LogP contribution in [0.3, 0.4) is 0 Å². The lowest BCUT2D eigenvalue weighted by Crippen LogP contribution is -2.45. The highest BCUT2D eigenvalue weighted by atomic mass is 16.5. The molecule has 2 aliphatic heterocycles. The summed E-state index contributed by atoms with van der Waals surface area (Å²) in [6.07, 6.45) is 1.23. The Morgan fingerprint density at radius 3 is 2.64 bits per heavy atom. The average molecular weight is 453 g/mol. The van der Waals surface area contributed by atoms with Crippen molar-refractivity contribution in [3.05, 3.63) is 35.5 Å². The van der Waals surface area contributed by atoms with Crippen LogP contribution in [0.4, 0.5) is 16.3 Å². The molecular formula is C24H32N6O3. The number of carbonyl (C=O) groups is 2. The molecule has 0 bridgehead atoms. The van der Waals surface area contributed by atoms with Crippen LogP contribution in [0.5, 0.6) is 0 Å². The van der Waals surface area contributed by atoms with Crippen molar-refractivity contribution in [2.75, 3.05) is 43.1 Å². The predicted molar refractivity (Wildman–Crippen MR) is 127 cm³/mol. The predicted octanol–water partition coefficient (Wildman–Crippen LogP) is 2.80. The Labute approximate surface area is 194 Å². The summed E-state index contributed by atoms with van der Waals surface area (Å²) in [7, 11) is 0. The summed E-state index contributed by atoms with van der Waals surface area (Å²) >= 11 is 0. The first kappa shape index (κ1) is 23.0. The minimum atomic E-state index is -0.237. The van der Waals surface area contributed by atoms with E-state index in [-0.39, 0.29) is 18.0 Å². The van der Waals surface area contributed by atoms with Gasteiger partial charge in [0.05, 0.1) is 31.5 Å². The number of urea groups is 1. The third-order valence-corrected chi connectivity index (χ3v) is 6.08. The number of benzene rings is 1. The Hall–Kier alpha value is -3.20. The number of anilines is 2. The molecule has 4 rings (SSSR count). The molecule has 9 heteroatoms. The molecule has 3 heterocycles. The Morgan fingerprint density at radius 2 is 1.94 bits per heavy atom. The number of nitrogens with zero attached hydrogens (tertiary/aromatic N) is 4. The molecule has 0 radical (unpaired) electrons. The lowest BCUT2D eigenvalue weighted by atomic mass is 10.0. The SMILES string of the molecule is CCNC(=O)Nc1ccc(-c2nc3c(c(N4CCOC[C@H]4C)n2)CCN(C(=O)CC)C3)cc1. The summed E-state index contributed by atoms with van der Waals surface area (Å²) in [6.45, 7) is 9.76. The number of rotatable bonds is 5. The number of hydrogen-bond donors (Lipinski definition) is 2. The van der Waals surface area contributed by atoms with Gasteiger partial charge in [-0.3, -0.25) is 4.79 Å². The molecule has 3 amide bonds. The van der Waals surface area contributed by atoms with Gasteiger partial charge in [-0.2, -0.15) is 0 Å². The summed E-state index contributed by atoms with van der Waals surface area (Å²) in [5, 5.41) is 5.53. The molecule has 1 atom stereocenters. The van der Waals surface area contributed by atoms with Crippen molar-refractivity contribution in [3.8, 4) is 11.4 Å². The fourth-order valence-corrected chi connectivity index (χ4v) is 4.29. The maximum atomic E-state index is 12.4. The molecule has 1 aromatic carbocycles. The lowest BCUT2D eigenvalue weighted by molar-refractivity contribution is -0.131. The van der Waals surface area contributed by atoms with Gasteiger partial charge in [0.15, 0.2) is 5.82 Å². The number of aromatic nitrogens is 2. The second-order valence-corrected chi connectivity index (χ2v) is 8.39. The van der Waals surface area contributed by atoms with E-state index in [1.54, 1.807) is 0 Å². The van der Waals surface area contributed by atoms with Gasteiger partial charge in [0.2, 0.25) is 5.91 Å². The maximum absolute atomic E-state index is 12.4. The fourth-order valence-electron chi connectivity index (χ4n) is 4.29. The van der Waals surface area contributed by atoms with Crippen molar-refractivity contribution in [3.63, 3.8) is 0 Å². The molecular weight excluding hydrogens is 420 g/mol. The lowest BCUT2D eigenvalue weighted by Gasteiger charge is -2.37. The number of hydrogen-bond acceptors (Lipinski definition) is 6. The van der Waals surface area contributed by atoms with Crippen LogP contribution in [0, 0.1) is 0 Å². The molecule has 0 spiro atoms. The van der Waals surface area contributed by atoms with Crippen molar-refractivity contribution in [1.29, 1.82) is 0 Å². The number of morpholine rings is 1. The van der Waals surface area contributed by atoms with E-state index in [1.807, 2.05) is 43.0 Å². The minimum absolute atomic E-state index is 0.142. The van der Waals surface area contributed by atoms with E-state index in [2.05, 4.69) is 22.5 Å². The summed E-state index contributed by atoms with van der Waals surface area (Å²) in [6, 6.07) is 7.49. The topological polar surface area (TPSA) is 99.7 Å². The van der Waals surface area contributed by atoms with Gasteiger partial charge in [0.25, 0.3) is 0 Å². The summed E-state index contributed by atoms with van der Waals surface area (Å²) in [4.78, 5) is 38.2. The standard InChI is InChI=1S/C24H32N6O3/c1-4-21(31)29-11-10-19-20(14-29)27-22(28-23(19)30-12-13-33-15-16(30)3)17-6-8-18(9-7-17)26-24(32)25-5-2/h6-9,16H,4-5,10-15H2,1-3H3,(H2,25,26,32)/t16-/m1/s1. The van der Waals surface area contributed by atoms with Crippen molar-refractivity contribution in [2.24, 2.45) is 0 Å². The van der Waals surface area contributed by atoms with Crippen LogP contribution < -0.4 is 15.5 Å². The van der Waals surface area contributed by atoms with Crippen LogP contribution in [0.15, 0.2) is 24.3 Å². The number of nitrogens with one attached hydrogen (secondary N) is 2. The molecule has 1 aromatic heterocycles. The molecule has 33 heavy (non-hydrogen) atoms. The molecule has 2 N–H and O–H groups in total. The highest BCUT2D eigenvalue weighted by Gasteiger charge is 2.29. The molecule has 9 nitrogen and oxygen atoms in total. The monoisotopic (exact) mass is 452 g/mol. The highest BCUT2D eigenvalue weighted by molar-refractivity contribution is 5.89. The van der Waals surface area contributed by atoms with Gasteiger partial charge in [0, 0.05) is 42.9 Å². The average Bonchev–Trinajstić information content (AvgIpc) is 2.83. The third kappa shape index (κ3) is 5.08. The van der Waals surface area contributed by atoms with Crippen molar-refractivity contribution < 1.29 is 14.3 Å². The molecule has 2 aliphatic rings. The molecule has 1 fully saturated rings. The summed E-state index contributed by atoms with van der Waals surface area (Å²) in [5.74, 6) is 1.71. The second-order valence-electron chi connectivity index (χ2n) is 8.39. The van der Waals surface area contributed by atoms with Gasteiger partial charge in [-0.15, -0.1) is 0 Å². The van der Waals surface area contributed by atoms with Crippen LogP contribution in [0.1, 0.15) is 38.4 Å². The largest absolute Gasteiger partial charge is 0.377 e. The zero-order valence-electron chi connectivity index (χ0n) is 19.6. The number of ether oxygens (including phenoxy) is 1. The van der Waals surface area contributed by atoms with Gasteiger partial charge in [-0.05, 0) is 44.5 Å². The molecule has 176 valence electrons. The van der Waals surface area contributed by atoms with E-state index in [4.69, 9.17) is 14.7 Å². The third-order valence-electron chi connectivity index (χ3n) is 6.08. The van der Waals surface area contributed by atoms with Crippen molar-refractivity contribution in [1.82, 2.24) is 20.2 Å². The minimum Gasteiger partial charge on any atom is -0.377 e. The van der Waals surface area contributed by atoms with Gasteiger partial charge in [0.1, 0.15) is 5.82 Å². The van der Waals surface area contributed by atoms with Crippen molar-refractivity contribution >= 4 is 23.4 Å². The first-order valence-electron chi connectivity index (χ1n) is 11.7. The summed E-state index contributed by atoms with van der Waals surface area (Å²) < 4.78 is 5.64. The molecule has 0 unspecified atom stereocenters. The zero-order valence-corrected chi connectivity index (χ0v) is 19.6. The fraction of sp³-hybridized carbons (Fsp3) is 0.500. The quantitative estimate of drug-likeness (QED) is 0.724. The van der Waals surface area contributed by atoms with Crippen LogP contribution >= 0.6 is 0 Å². The number of amides is 3. The summed E-state index contributed by atoms with van der Waals surface area (Å²) in [5.41, 5.74) is 3.60. The smallest absolute Gasteiger partial charge is 0.319 e. The van der Waals surface area contributed by atoms with E-state index in [1.165, 1.54) is 0 Å².